The van der Waals surface area contributed by atoms with Crippen molar-refractivity contribution in [2.75, 3.05) is 4.90 Å². The van der Waals surface area contributed by atoms with E-state index in [0.717, 1.165) is 18.5 Å². The van der Waals surface area contributed by atoms with Gasteiger partial charge in [0.25, 0.3) is 0 Å². The van der Waals surface area contributed by atoms with Gasteiger partial charge in [-0.3, -0.25) is 0 Å². The van der Waals surface area contributed by atoms with Crippen LogP contribution in [0, 0.1) is 0 Å². The van der Waals surface area contributed by atoms with E-state index in [9.17, 15) is 22.3 Å². The fourth-order valence-corrected chi connectivity index (χ4v) is 4.20. The highest BCUT2D eigenvalue weighted by Crippen LogP contribution is 2.39. The molecule has 0 amide bonds. The third kappa shape index (κ3) is 2.53. The molecular formula is C14H17F2NO3S. The Kier molecular flexibility index (Phi) is 3.65. The lowest BCUT2D eigenvalue weighted by molar-refractivity contribution is 0.126. The van der Waals surface area contributed by atoms with Gasteiger partial charge >= 0.3 is 5.76 Å². The summed E-state index contributed by atoms with van der Waals surface area (Å²) in [5, 5.41) is 9.78. The number of hydrogen-bond donors (Lipinski definition) is 1. The molecule has 2 heterocycles. The van der Waals surface area contributed by atoms with Gasteiger partial charge in [-0.05, 0) is 49.9 Å². The van der Waals surface area contributed by atoms with Gasteiger partial charge in [0.05, 0.1) is 11.0 Å². The molecule has 2 aliphatic heterocycles. The molecule has 1 N–H and O–H groups in total. The second-order valence-electron chi connectivity index (χ2n) is 5.72. The number of alkyl halides is 2. The van der Waals surface area contributed by atoms with Crippen LogP contribution < -0.4 is 4.90 Å². The maximum Gasteiger partial charge on any atom is 0.341 e. The van der Waals surface area contributed by atoms with Gasteiger partial charge in [-0.25, -0.2) is 8.42 Å². The maximum atomic E-state index is 12.5. The summed E-state index contributed by atoms with van der Waals surface area (Å²) in [4.78, 5) is 1.83. The first-order chi connectivity index (χ1) is 9.89. The van der Waals surface area contributed by atoms with Gasteiger partial charge in [0.2, 0.25) is 9.84 Å². The van der Waals surface area contributed by atoms with E-state index >= 15 is 0 Å². The van der Waals surface area contributed by atoms with Crippen LogP contribution in [0.2, 0.25) is 0 Å². The molecule has 2 atom stereocenters. The Balaban J connectivity index is 1.86. The van der Waals surface area contributed by atoms with Crippen molar-refractivity contribution in [1.29, 1.82) is 0 Å². The van der Waals surface area contributed by atoms with E-state index in [1.54, 1.807) is 12.1 Å². The van der Waals surface area contributed by atoms with E-state index in [2.05, 4.69) is 4.90 Å². The Hall–Kier alpha value is -1.21. The molecule has 0 aromatic heterocycles. The molecule has 1 aromatic rings. The lowest BCUT2D eigenvalue weighted by Gasteiger charge is -2.39. The molecule has 2 saturated heterocycles. The van der Waals surface area contributed by atoms with Crippen molar-refractivity contribution in [3.8, 4) is 0 Å². The Morgan fingerprint density at radius 2 is 1.62 bits per heavy atom. The first kappa shape index (κ1) is 14.7. The average molecular weight is 317 g/mol. The normalized spacial score (nSPS) is 29.1. The summed E-state index contributed by atoms with van der Waals surface area (Å²) in [5.74, 6) is -3.40. The third-order valence-electron chi connectivity index (χ3n) is 4.41. The molecule has 0 saturated carbocycles. The summed E-state index contributed by atoms with van der Waals surface area (Å²) in [6.07, 6.45) is 3.12. The number of benzene rings is 1. The molecular weight excluding hydrogens is 300 g/mol. The molecule has 4 nitrogen and oxygen atoms in total. The number of piperidine rings is 1. The number of sulfone groups is 1. The van der Waals surface area contributed by atoms with Crippen LogP contribution in [0.25, 0.3) is 0 Å². The number of nitrogens with zero attached hydrogens (tertiary/aromatic N) is 1. The van der Waals surface area contributed by atoms with Gasteiger partial charge in [-0.2, -0.15) is 8.78 Å². The summed E-state index contributed by atoms with van der Waals surface area (Å²) in [7, 11) is -4.54. The summed E-state index contributed by atoms with van der Waals surface area (Å²) in [6.45, 7) is 0. The zero-order valence-corrected chi connectivity index (χ0v) is 12.1. The first-order valence-corrected chi connectivity index (χ1v) is 8.52. The number of aliphatic hydroxyl groups excluding tert-OH is 1. The van der Waals surface area contributed by atoms with Crippen LogP contribution in [0.5, 0.6) is 0 Å². The molecule has 21 heavy (non-hydrogen) atoms. The monoisotopic (exact) mass is 317 g/mol. The van der Waals surface area contributed by atoms with E-state index in [0.29, 0.717) is 12.8 Å². The summed E-state index contributed by atoms with van der Waals surface area (Å²) in [6, 6.07) is 6.13. The zero-order valence-electron chi connectivity index (χ0n) is 11.3. The number of anilines is 1. The highest BCUT2D eigenvalue weighted by Gasteiger charge is 2.40. The van der Waals surface area contributed by atoms with Crippen molar-refractivity contribution >= 4 is 15.5 Å². The second kappa shape index (κ2) is 5.21. The Morgan fingerprint density at radius 3 is 2.10 bits per heavy atom. The van der Waals surface area contributed by atoms with E-state index in [-0.39, 0.29) is 23.1 Å². The number of halogens is 2. The largest absolute Gasteiger partial charge is 0.393 e. The Bertz CT molecular complexity index is 604. The average Bonchev–Trinajstić information content (AvgIpc) is 2.71. The van der Waals surface area contributed by atoms with E-state index in [4.69, 9.17) is 0 Å². The van der Waals surface area contributed by atoms with Gasteiger partial charge in [0.1, 0.15) is 0 Å². The second-order valence-corrected chi connectivity index (χ2v) is 7.63. The zero-order chi connectivity index (χ0) is 15.2. The lowest BCUT2D eigenvalue weighted by Crippen LogP contribution is -2.44. The highest BCUT2D eigenvalue weighted by atomic mass is 32.2. The molecule has 0 radical (unpaired) electrons. The minimum atomic E-state index is -4.54. The predicted molar refractivity (Wildman–Crippen MR) is 74.2 cm³/mol. The number of fused-ring (bicyclic) bond motifs is 2. The molecule has 2 bridgehead atoms. The SMILES string of the molecule is O=S(=O)(c1ccc(N2C3CCC2CC(O)C3)cc1)C(F)F. The van der Waals surface area contributed by atoms with Gasteiger partial charge < -0.3 is 10.0 Å². The van der Waals surface area contributed by atoms with Gasteiger partial charge in [0.15, 0.2) is 0 Å². The fourth-order valence-electron chi connectivity index (χ4n) is 3.48. The molecule has 3 rings (SSSR count). The standard InChI is InChI=1S/C14H17F2NO3S/c15-14(16)21(19,20)13-5-3-9(4-6-13)17-10-1-2-11(17)8-12(18)7-10/h3-6,10-12,14,18H,1-2,7-8H2. The smallest absolute Gasteiger partial charge is 0.341 e. The Labute approximate surface area is 122 Å². The van der Waals surface area contributed by atoms with Gasteiger partial charge in [0, 0.05) is 17.8 Å². The minimum Gasteiger partial charge on any atom is -0.393 e. The summed E-state index contributed by atoms with van der Waals surface area (Å²) in [5.41, 5.74) is 0.836. The molecule has 2 aliphatic rings. The van der Waals surface area contributed by atoms with Crippen molar-refractivity contribution in [3.63, 3.8) is 0 Å². The van der Waals surface area contributed by atoms with Crippen LogP contribution in [0.1, 0.15) is 25.7 Å². The van der Waals surface area contributed by atoms with Crippen molar-refractivity contribution < 1.29 is 22.3 Å². The predicted octanol–water partition coefficient (Wildman–Crippen LogP) is 2.17. The Morgan fingerprint density at radius 1 is 1.10 bits per heavy atom. The lowest BCUT2D eigenvalue weighted by atomic mass is 9.99. The third-order valence-corrected chi connectivity index (χ3v) is 5.80. The number of hydrogen-bond acceptors (Lipinski definition) is 4. The van der Waals surface area contributed by atoms with Crippen LogP contribution in [0.3, 0.4) is 0 Å². The maximum absolute atomic E-state index is 12.5. The molecule has 2 unspecified atom stereocenters. The fraction of sp³-hybridized carbons (Fsp3) is 0.571. The first-order valence-electron chi connectivity index (χ1n) is 6.98. The van der Waals surface area contributed by atoms with Crippen molar-refractivity contribution in [1.82, 2.24) is 0 Å². The topological polar surface area (TPSA) is 57.6 Å². The van der Waals surface area contributed by atoms with Crippen LogP contribution >= 0.6 is 0 Å². The molecule has 1 aromatic carbocycles. The van der Waals surface area contributed by atoms with Crippen LogP contribution in [0.15, 0.2) is 29.2 Å². The quantitative estimate of drug-likeness (QED) is 0.928. The number of aliphatic hydroxyl groups is 1. The van der Waals surface area contributed by atoms with Crippen molar-refractivity contribution in [2.45, 2.75) is 54.5 Å². The molecule has 0 spiro atoms. The molecule has 0 aliphatic carbocycles. The number of rotatable bonds is 3. The molecule has 2 fully saturated rings. The van der Waals surface area contributed by atoms with Crippen LogP contribution in [-0.2, 0) is 9.84 Å². The summed E-state index contributed by atoms with van der Waals surface area (Å²) >= 11 is 0. The van der Waals surface area contributed by atoms with Crippen LogP contribution in [-0.4, -0.2) is 37.5 Å². The van der Waals surface area contributed by atoms with E-state index in [1.165, 1.54) is 12.1 Å². The van der Waals surface area contributed by atoms with E-state index < -0.39 is 15.6 Å². The van der Waals surface area contributed by atoms with E-state index in [1.807, 2.05) is 0 Å². The van der Waals surface area contributed by atoms with Gasteiger partial charge in [-0.1, -0.05) is 0 Å². The highest BCUT2D eigenvalue weighted by molar-refractivity contribution is 7.91. The van der Waals surface area contributed by atoms with Crippen molar-refractivity contribution in [3.05, 3.63) is 24.3 Å². The van der Waals surface area contributed by atoms with Crippen LogP contribution in [0.4, 0.5) is 14.5 Å². The van der Waals surface area contributed by atoms with Crippen molar-refractivity contribution in [2.24, 2.45) is 0 Å². The summed E-state index contributed by atoms with van der Waals surface area (Å²) < 4.78 is 47.8. The van der Waals surface area contributed by atoms with Gasteiger partial charge in [-0.15, -0.1) is 0 Å². The minimum absolute atomic E-state index is 0.247. The molecule has 7 heteroatoms. The molecule has 116 valence electrons.